The third-order valence-electron chi connectivity index (χ3n) is 4.40. The number of nitrogens with one attached hydrogen (secondary N) is 2. The van der Waals surface area contributed by atoms with Gasteiger partial charge in [-0.1, -0.05) is 60.7 Å². The zero-order chi connectivity index (χ0) is 22.1. The molecule has 0 radical (unpaired) electrons. The second-order valence-electron chi connectivity index (χ2n) is 6.70. The van der Waals surface area contributed by atoms with E-state index in [1.165, 1.54) is 12.1 Å². The molecule has 0 spiro atoms. The molecule has 0 fully saturated rings. The molecule has 2 N–H and O–H groups in total. The topological polar surface area (TPSA) is 84.5 Å². The van der Waals surface area contributed by atoms with Crippen LogP contribution in [0, 0.1) is 5.82 Å². The Morgan fingerprint density at radius 3 is 2.26 bits per heavy atom. The number of halogens is 1. The molecule has 158 valence electrons. The van der Waals surface area contributed by atoms with Crippen LogP contribution >= 0.6 is 0 Å². The molecule has 3 aromatic rings. The van der Waals surface area contributed by atoms with E-state index in [4.69, 9.17) is 4.74 Å². The molecule has 6 nitrogen and oxygen atoms in total. The van der Waals surface area contributed by atoms with E-state index in [0.717, 1.165) is 5.56 Å². The van der Waals surface area contributed by atoms with Gasteiger partial charge in [0.15, 0.2) is 6.61 Å². The van der Waals surface area contributed by atoms with Crippen molar-refractivity contribution in [2.45, 2.75) is 13.0 Å². The number of carbonyl (C=O) groups excluding carboxylic acids is 3. The second kappa shape index (κ2) is 10.7. The molecule has 0 saturated heterocycles. The average molecular weight is 420 g/mol. The number of esters is 1. The van der Waals surface area contributed by atoms with Crippen LogP contribution in [0.3, 0.4) is 0 Å². The highest BCUT2D eigenvalue weighted by molar-refractivity contribution is 6.02. The summed E-state index contributed by atoms with van der Waals surface area (Å²) in [4.78, 5) is 36.7. The van der Waals surface area contributed by atoms with Crippen LogP contribution in [-0.4, -0.2) is 24.4 Å². The first kappa shape index (κ1) is 21.7. The Hall–Kier alpha value is -4.00. The van der Waals surface area contributed by atoms with Gasteiger partial charge in [0, 0.05) is 12.1 Å². The van der Waals surface area contributed by atoms with Crippen LogP contribution in [-0.2, 0) is 27.3 Å². The van der Waals surface area contributed by atoms with Gasteiger partial charge in [-0.15, -0.1) is 0 Å². The molecule has 0 atom stereocenters. The molecule has 3 rings (SSSR count). The highest BCUT2D eigenvalue weighted by Gasteiger charge is 2.16. The number of carbonyl (C=O) groups is 3. The molecule has 7 heteroatoms. The standard InChI is InChI=1S/C24H21FN2O4/c25-20-12-6-4-10-18(20)15-26-23(29)16-31-24(30)19-11-5-7-13-21(19)27-22(28)14-17-8-2-1-3-9-17/h1-13H,14-16H2,(H,26,29)(H,27,28). The van der Waals surface area contributed by atoms with Gasteiger partial charge < -0.3 is 15.4 Å². The van der Waals surface area contributed by atoms with Crippen molar-refractivity contribution in [3.8, 4) is 0 Å². The van der Waals surface area contributed by atoms with Gasteiger partial charge in [0.2, 0.25) is 5.91 Å². The molecule has 0 aliphatic rings. The summed E-state index contributed by atoms with van der Waals surface area (Å²) in [6.45, 7) is -0.547. The maximum absolute atomic E-state index is 13.6. The van der Waals surface area contributed by atoms with Crippen molar-refractivity contribution in [3.63, 3.8) is 0 Å². The summed E-state index contributed by atoms with van der Waals surface area (Å²) in [5.74, 6) is -2.03. The molecule has 0 bridgehead atoms. The lowest BCUT2D eigenvalue weighted by Gasteiger charge is -2.11. The molecular weight excluding hydrogens is 399 g/mol. The molecular formula is C24H21FN2O4. The first-order valence-corrected chi connectivity index (χ1v) is 9.63. The van der Waals surface area contributed by atoms with Crippen LogP contribution in [0.5, 0.6) is 0 Å². The molecule has 31 heavy (non-hydrogen) atoms. The summed E-state index contributed by atoms with van der Waals surface area (Å²) in [5, 5.41) is 5.19. The molecule has 0 aliphatic carbocycles. The van der Waals surface area contributed by atoms with Gasteiger partial charge >= 0.3 is 5.97 Å². The van der Waals surface area contributed by atoms with Gasteiger partial charge in [-0.05, 0) is 23.8 Å². The number of ether oxygens (including phenoxy) is 1. The number of benzene rings is 3. The van der Waals surface area contributed by atoms with Gasteiger partial charge in [-0.25, -0.2) is 9.18 Å². The number of anilines is 1. The first-order valence-electron chi connectivity index (χ1n) is 9.63. The fourth-order valence-corrected chi connectivity index (χ4v) is 2.84. The van der Waals surface area contributed by atoms with Crippen molar-refractivity contribution >= 4 is 23.5 Å². The summed E-state index contributed by atoms with van der Waals surface area (Å²) >= 11 is 0. The minimum Gasteiger partial charge on any atom is -0.452 e. The lowest BCUT2D eigenvalue weighted by Crippen LogP contribution is -2.29. The van der Waals surface area contributed by atoms with Gasteiger partial charge in [0.25, 0.3) is 5.91 Å². The van der Waals surface area contributed by atoms with E-state index in [9.17, 15) is 18.8 Å². The summed E-state index contributed by atoms with van der Waals surface area (Å²) in [5.41, 5.74) is 1.59. The third kappa shape index (κ3) is 6.50. The smallest absolute Gasteiger partial charge is 0.340 e. The number of para-hydroxylation sites is 1. The summed E-state index contributed by atoms with van der Waals surface area (Å²) < 4.78 is 18.6. The molecule has 0 unspecified atom stereocenters. The van der Waals surface area contributed by atoms with E-state index in [2.05, 4.69) is 10.6 Å². The van der Waals surface area contributed by atoms with Crippen LogP contribution in [0.25, 0.3) is 0 Å². The number of amides is 2. The number of hydrogen-bond donors (Lipinski definition) is 2. The quantitative estimate of drug-likeness (QED) is 0.547. The number of rotatable bonds is 8. The van der Waals surface area contributed by atoms with E-state index in [0.29, 0.717) is 11.3 Å². The predicted molar refractivity (Wildman–Crippen MR) is 114 cm³/mol. The molecule has 0 saturated carbocycles. The molecule has 0 heterocycles. The van der Waals surface area contributed by atoms with Crippen LogP contribution in [0.15, 0.2) is 78.9 Å². The first-order chi connectivity index (χ1) is 15.0. The minimum absolute atomic E-state index is 0.0187. The zero-order valence-corrected chi connectivity index (χ0v) is 16.6. The lowest BCUT2D eigenvalue weighted by atomic mass is 10.1. The van der Waals surface area contributed by atoms with Crippen molar-refractivity contribution in [1.29, 1.82) is 0 Å². The Bertz CT molecular complexity index is 1070. The minimum atomic E-state index is -0.753. The molecule has 0 aliphatic heterocycles. The van der Waals surface area contributed by atoms with Crippen LogP contribution in [0.1, 0.15) is 21.5 Å². The Balaban J connectivity index is 1.54. The number of hydrogen-bond acceptors (Lipinski definition) is 4. The molecule has 3 aromatic carbocycles. The van der Waals surface area contributed by atoms with Crippen molar-refractivity contribution < 1.29 is 23.5 Å². The molecule has 0 aromatic heterocycles. The summed E-state index contributed by atoms with van der Waals surface area (Å²) in [6, 6.07) is 21.6. The monoisotopic (exact) mass is 420 g/mol. The SMILES string of the molecule is O=C(COC(=O)c1ccccc1NC(=O)Cc1ccccc1)NCc1ccccc1F. The fourth-order valence-electron chi connectivity index (χ4n) is 2.84. The molecule has 2 amide bonds. The fraction of sp³-hybridized carbons (Fsp3) is 0.125. The van der Waals surface area contributed by atoms with E-state index in [-0.39, 0.29) is 24.4 Å². The van der Waals surface area contributed by atoms with Gasteiger partial charge in [0.05, 0.1) is 17.7 Å². The summed E-state index contributed by atoms with van der Waals surface area (Å²) in [7, 11) is 0. The Labute approximate surface area is 179 Å². The van der Waals surface area contributed by atoms with Gasteiger partial charge in [-0.2, -0.15) is 0 Å². The van der Waals surface area contributed by atoms with Crippen molar-refractivity contribution in [1.82, 2.24) is 5.32 Å². The van der Waals surface area contributed by atoms with E-state index in [1.807, 2.05) is 30.3 Å². The third-order valence-corrected chi connectivity index (χ3v) is 4.40. The van der Waals surface area contributed by atoms with Gasteiger partial charge in [0.1, 0.15) is 5.82 Å². The van der Waals surface area contributed by atoms with Crippen molar-refractivity contribution in [3.05, 3.63) is 101 Å². The zero-order valence-electron chi connectivity index (χ0n) is 16.6. The Kier molecular flexibility index (Phi) is 7.48. The van der Waals surface area contributed by atoms with Crippen LogP contribution < -0.4 is 10.6 Å². The van der Waals surface area contributed by atoms with Crippen LogP contribution in [0.4, 0.5) is 10.1 Å². The maximum atomic E-state index is 13.6. The van der Waals surface area contributed by atoms with E-state index in [1.54, 1.807) is 36.4 Å². The highest BCUT2D eigenvalue weighted by atomic mass is 19.1. The normalized spacial score (nSPS) is 10.2. The second-order valence-corrected chi connectivity index (χ2v) is 6.70. The highest BCUT2D eigenvalue weighted by Crippen LogP contribution is 2.17. The average Bonchev–Trinajstić information content (AvgIpc) is 2.78. The van der Waals surface area contributed by atoms with E-state index >= 15 is 0 Å². The van der Waals surface area contributed by atoms with Crippen molar-refractivity contribution in [2.75, 3.05) is 11.9 Å². The Morgan fingerprint density at radius 1 is 0.806 bits per heavy atom. The van der Waals surface area contributed by atoms with Crippen molar-refractivity contribution in [2.24, 2.45) is 0 Å². The largest absolute Gasteiger partial charge is 0.452 e. The summed E-state index contributed by atoms with van der Waals surface area (Å²) in [6.07, 6.45) is 0.155. The lowest BCUT2D eigenvalue weighted by molar-refractivity contribution is -0.124. The Morgan fingerprint density at radius 2 is 1.48 bits per heavy atom. The maximum Gasteiger partial charge on any atom is 0.340 e. The van der Waals surface area contributed by atoms with Gasteiger partial charge in [-0.3, -0.25) is 9.59 Å². The predicted octanol–water partition coefficient (Wildman–Crippen LogP) is 3.48. The van der Waals surface area contributed by atoms with E-state index < -0.39 is 24.3 Å². The van der Waals surface area contributed by atoms with Crippen LogP contribution in [0.2, 0.25) is 0 Å².